The molecule has 2 aromatic rings. The molecule has 3 N–H and O–H groups in total. The Morgan fingerprint density at radius 3 is 2.64 bits per heavy atom. The maximum Gasteiger partial charge on any atom is 0.390 e. The predicted molar refractivity (Wildman–Crippen MR) is 149 cm³/mol. The van der Waals surface area contributed by atoms with E-state index in [1.165, 1.54) is 18.2 Å². The molecule has 2 heterocycles. The van der Waals surface area contributed by atoms with Crippen LogP contribution in [0, 0.1) is 11.6 Å². The molecular formula is C28H31ClF5N5O3. The number of hydrogen-bond donors (Lipinski definition) is 3. The third-order valence-corrected chi connectivity index (χ3v) is 7.35. The number of carbonyl (C=O) groups is 2. The minimum atomic E-state index is -4.28. The van der Waals surface area contributed by atoms with Gasteiger partial charge < -0.3 is 25.6 Å². The van der Waals surface area contributed by atoms with E-state index in [1.54, 1.807) is 17.0 Å². The first-order valence-electron chi connectivity index (χ1n) is 13.3. The fraction of sp³-hybridized carbons (Fsp3) is 0.429. The van der Waals surface area contributed by atoms with Crippen LogP contribution in [0.5, 0.6) is 0 Å². The van der Waals surface area contributed by atoms with Crippen LogP contribution >= 0.6 is 11.6 Å². The number of benzene rings is 2. The van der Waals surface area contributed by atoms with Crippen molar-refractivity contribution in [3.8, 4) is 0 Å². The van der Waals surface area contributed by atoms with Gasteiger partial charge in [0.15, 0.2) is 11.6 Å². The third-order valence-electron chi connectivity index (χ3n) is 7.12. The molecule has 2 aromatic carbocycles. The third kappa shape index (κ3) is 7.97. The summed E-state index contributed by atoms with van der Waals surface area (Å²) in [6, 6.07) is 6.54. The highest BCUT2D eigenvalue weighted by Crippen LogP contribution is 2.32. The maximum absolute atomic E-state index is 15.0. The Bertz CT molecular complexity index is 1310. The molecule has 8 nitrogen and oxygen atoms in total. The van der Waals surface area contributed by atoms with Gasteiger partial charge in [0.1, 0.15) is 6.10 Å². The number of rotatable bonds is 9. The number of morpholine rings is 1. The molecule has 4 rings (SSSR count). The van der Waals surface area contributed by atoms with Gasteiger partial charge in [-0.15, -0.1) is 6.58 Å². The number of amides is 2. The van der Waals surface area contributed by atoms with Gasteiger partial charge in [-0.05, 0) is 24.3 Å². The lowest BCUT2D eigenvalue weighted by Crippen LogP contribution is -2.53. The number of anilines is 2. The first-order valence-corrected chi connectivity index (χ1v) is 13.7. The molecule has 0 radical (unpaired) electrons. The Morgan fingerprint density at radius 2 is 1.95 bits per heavy atom. The minimum absolute atomic E-state index is 0.146. The van der Waals surface area contributed by atoms with E-state index in [4.69, 9.17) is 16.3 Å². The summed E-state index contributed by atoms with van der Waals surface area (Å²) in [5.41, 5.74) is 0.0300. The van der Waals surface area contributed by atoms with E-state index in [2.05, 4.69) is 22.5 Å². The quantitative estimate of drug-likeness (QED) is 0.291. The summed E-state index contributed by atoms with van der Waals surface area (Å²) in [6.45, 7) is 5.45. The number of halogens is 6. The summed E-state index contributed by atoms with van der Waals surface area (Å²) in [5, 5.41) is 8.44. The van der Waals surface area contributed by atoms with E-state index in [0.717, 1.165) is 6.07 Å². The highest BCUT2D eigenvalue weighted by atomic mass is 35.5. The van der Waals surface area contributed by atoms with Crippen molar-refractivity contribution in [1.29, 1.82) is 0 Å². The van der Waals surface area contributed by atoms with Crippen LogP contribution < -0.4 is 20.9 Å². The molecule has 2 unspecified atom stereocenters. The average Bonchev–Trinajstić information content (AvgIpc) is 2.97. The fourth-order valence-electron chi connectivity index (χ4n) is 4.83. The van der Waals surface area contributed by atoms with Gasteiger partial charge >= 0.3 is 6.18 Å². The molecule has 14 heteroatoms. The van der Waals surface area contributed by atoms with Crippen molar-refractivity contribution in [3.63, 3.8) is 0 Å². The molecule has 0 aromatic heterocycles. The van der Waals surface area contributed by atoms with Crippen LogP contribution in [-0.4, -0.2) is 80.9 Å². The number of alkyl halides is 3. The van der Waals surface area contributed by atoms with Gasteiger partial charge in [-0.3, -0.25) is 14.5 Å². The fourth-order valence-corrected chi connectivity index (χ4v) is 5.00. The second kappa shape index (κ2) is 13.8. The molecule has 0 spiro atoms. The van der Waals surface area contributed by atoms with E-state index in [9.17, 15) is 31.5 Å². The summed E-state index contributed by atoms with van der Waals surface area (Å²) >= 11 is 6.21. The largest absolute Gasteiger partial charge is 0.390 e. The van der Waals surface area contributed by atoms with Crippen molar-refractivity contribution in [2.75, 3.05) is 56.1 Å². The van der Waals surface area contributed by atoms with Crippen molar-refractivity contribution in [2.24, 2.45) is 0 Å². The summed E-state index contributed by atoms with van der Waals surface area (Å²) in [4.78, 5) is 28.8. The zero-order chi connectivity index (χ0) is 30.4. The van der Waals surface area contributed by atoms with Crippen LogP contribution in [0.3, 0.4) is 0 Å². The Morgan fingerprint density at radius 1 is 1.17 bits per heavy atom. The van der Waals surface area contributed by atoms with Gasteiger partial charge in [-0.1, -0.05) is 23.7 Å². The van der Waals surface area contributed by atoms with Gasteiger partial charge in [0, 0.05) is 62.4 Å². The Labute approximate surface area is 244 Å². The first-order chi connectivity index (χ1) is 20.0. The predicted octanol–water partition coefficient (Wildman–Crippen LogP) is 4.10. The van der Waals surface area contributed by atoms with E-state index in [-0.39, 0.29) is 30.9 Å². The smallest absolute Gasteiger partial charge is 0.367 e. The standard InChI is InChI=1S/C28H31ClF5N5O3/c1-2-19-16-39(11-10-38(19)9-7-28(32,33)34)22-13-18(29)4-6-21(22)37-26(40)20-5-3-17(24(30)25(20)31)14-36-27(41)23-15-35-8-12-42-23/h2-6,13,19,23,35H,1,7-12,14-16H2,(H,36,41)(H,37,40). The number of ether oxygens (including phenoxy) is 1. The molecule has 0 aliphatic carbocycles. The second-order valence-corrected chi connectivity index (χ2v) is 10.4. The molecular weight excluding hydrogens is 585 g/mol. The molecule has 228 valence electrons. The van der Waals surface area contributed by atoms with E-state index >= 15 is 0 Å². The summed E-state index contributed by atoms with van der Waals surface area (Å²) < 4.78 is 73.5. The molecule has 2 saturated heterocycles. The van der Waals surface area contributed by atoms with Crippen molar-refractivity contribution >= 4 is 34.8 Å². The van der Waals surface area contributed by atoms with Gasteiger partial charge in [0.05, 0.1) is 30.0 Å². The Hall–Kier alpha value is -3.26. The van der Waals surface area contributed by atoms with Gasteiger partial charge in [-0.2, -0.15) is 13.2 Å². The molecule has 42 heavy (non-hydrogen) atoms. The number of carbonyl (C=O) groups excluding carboxylic acids is 2. The summed E-state index contributed by atoms with van der Waals surface area (Å²) in [7, 11) is 0. The average molecular weight is 616 g/mol. The van der Waals surface area contributed by atoms with Crippen molar-refractivity contribution < 1.29 is 36.3 Å². The van der Waals surface area contributed by atoms with Crippen molar-refractivity contribution in [1.82, 2.24) is 15.5 Å². The lowest BCUT2D eigenvalue weighted by molar-refractivity contribution is -0.138. The summed E-state index contributed by atoms with van der Waals surface area (Å²) in [6.07, 6.45) is -4.41. The number of nitrogens with one attached hydrogen (secondary N) is 3. The molecule has 0 saturated carbocycles. The minimum Gasteiger partial charge on any atom is -0.367 e. The highest BCUT2D eigenvalue weighted by Gasteiger charge is 2.32. The maximum atomic E-state index is 15.0. The van der Waals surface area contributed by atoms with Crippen LogP contribution in [0.4, 0.5) is 33.3 Å². The lowest BCUT2D eigenvalue weighted by Gasteiger charge is -2.42. The second-order valence-electron chi connectivity index (χ2n) is 9.95. The molecule has 2 aliphatic rings. The van der Waals surface area contributed by atoms with Crippen LogP contribution in [0.1, 0.15) is 22.3 Å². The van der Waals surface area contributed by atoms with Gasteiger partial charge in [0.25, 0.3) is 11.8 Å². The van der Waals surface area contributed by atoms with Crippen LogP contribution in [0.15, 0.2) is 43.0 Å². The normalized spacial score (nSPS) is 19.8. The monoisotopic (exact) mass is 615 g/mol. The zero-order valence-corrected chi connectivity index (χ0v) is 23.3. The van der Waals surface area contributed by atoms with E-state index in [1.807, 2.05) is 4.90 Å². The first kappa shape index (κ1) is 31.7. The molecule has 2 amide bonds. The van der Waals surface area contributed by atoms with Crippen molar-refractivity contribution in [2.45, 2.75) is 31.3 Å². The van der Waals surface area contributed by atoms with Crippen LogP contribution in [0.25, 0.3) is 0 Å². The molecule has 0 bridgehead atoms. The number of hydrogen-bond acceptors (Lipinski definition) is 6. The number of nitrogens with zero attached hydrogens (tertiary/aromatic N) is 2. The topological polar surface area (TPSA) is 85.9 Å². The molecule has 2 atom stereocenters. The van der Waals surface area contributed by atoms with Gasteiger partial charge in [0.2, 0.25) is 0 Å². The van der Waals surface area contributed by atoms with Crippen LogP contribution in [0.2, 0.25) is 5.02 Å². The van der Waals surface area contributed by atoms with E-state index < -0.39 is 53.8 Å². The Kier molecular flexibility index (Phi) is 10.4. The molecule has 2 fully saturated rings. The molecule has 2 aliphatic heterocycles. The Balaban J connectivity index is 1.45. The highest BCUT2D eigenvalue weighted by molar-refractivity contribution is 6.31. The van der Waals surface area contributed by atoms with Crippen molar-refractivity contribution in [3.05, 3.63) is 70.8 Å². The SMILES string of the molecule is C=CC1CN(c2cc(Cl)ccc2NC(=O)c2ccc(CNC(=O)C3CNCCO3)c(F)c2F)CCN1CCC(F)(F)F. The summed E-state index contributed by atoms with van der Waals surface area (Å²) in [5.74, 6) is -4.04. The van der Waals surface area contributed by atoms with Crippen LogP contribution in [-0.2, 0) is 16.1 Å². The number of piperazine rings is 1. The lowest BCUT2D eigenvalue weighted by atomic mass is 10.1. The zero-order valence-electron chi connectivity index (χ0n) is 22.6. The van der Waals surface area contributed by atoms with E-state index in [0.29, 0.717) is 43.5 Å². The van der Waals surface area contributed by atoms with Gasteiger partial charge in [-0.25, -0.2) is 8.78 Å².